The summed E-state index contributed by atoms with van der Waals surface area (Å²) in [6.07, 6.45) is 2.99. The average Bonchev–Trinajstić information content (AvgIpc) is 2.68. The predicted octanol–water partition coefficient (Wildman–Crippen LogP) is 2.86. The first-order valence-electron chi connectivity index (χ1n) is 9.32. The van der Waals surface area contributed by atoms with E-state index >= 15 is 0 Å². The Labute approximate surface area is 163 Å². The molecule has 0 spiro atoms. The van der Waals surface area contributed by atoms with Crippen LogP contribution in [-0.4, -0.2) is 28.3 Å². The van der Waals surface area contributed by atoms with Gasteiger partial charge in [0.2, 0.25) is 5.91 Å². The first-order chi connectivity index (χ1) is 13.4. The highest BCUT2D eigenvalue weighted by Crippen LogP contribution is 2.32. The molecule has 7 nitrogen and oxygen atoms in total. The van der Waals surface area contributed by atoms with Crippen LogP contribution in [0.2, 0.25) is 0 Å². The van der Waals surface area contributed by atoms with E-state index in [2.05, 4.69) is 5.32 Å². The maximum Gasteiger partial charge on any atom is 0.412 e. The van der Waals surface area contributed by atoms with E-state index in [1.54, 1.807) is 24.3 Å². The molecule has 0 unspecified atom stereocenters. The normalized spacial score (nSPS) is 14.7. The molecule has 0 aromatic heterocycles. The van der Waals surface area contributed by atoms with Gasteiger partial charge in [0.05, 0.1) is 0 Å². The van der Waals surface area contributed by atoms with Crippen LogP contribution in [0.3, 0.4) is 0 Å². The molecular formula is C21H24N2O5. The lowest BCUT2D eigenvalue weighted by molar-refractivity contribution is -0.0420. The molecule has 2 amide bonds. The van der Waals surface area contributed by atoms with Crippen LogP contribution in [0.5, 0.6) is 5.75 Å². The quantitative estimate of drug-likeness (QED) is 0.591. The molecule has 1 aliphatic rings. The molecule has 3 rings (SSSR count). The van der Waals surface area contributed by atoms with Crippen molar-refractivity contribution in [2.45, 2.75) is 44.4 Å². The molecule has 1 fully saturated rings. The van der Waals surface area contributed by atoms with Gasteiger partial charge < -0.3 is 26.0 Å². The Bertz CT molecular complexity index is 860. The van der Waals surface area contributed by atoms with E-state index < -0.39 is 18.3 Å². The van der Waals surface area contributed by atoms with E-state index in [4.69, 9.17) is 10.5 Å². The summed E-state index contributed by atoms with van der Waals surface area (Å²) in [5.41, 5.74) is 6.83. The van der Waals surface area contributed by atoms with Crippen molar-refractivity contribution < 1.29 is 24.5 Å². The minimum Gasteiger partial charge on any atom is -0.410 e. The van der Waals surface area contributed by atoms with Gasteiger partial charge in [-0.25, -0.2) is 4.79 Å². The zero-order chi connectivity index (χ0) is 20.1. The van der Waals surface area contributed by atoms with Gasteiger partial charge in [-0.05, 0) is 54.3 Å². The van der Waals surface area contributed by atoms with Crippen LogP contribution >= 0.6 is 0 Å². The maximum absolute atomic E-state index is 12.2. The van der Waals surface area contributed by atoms with E-state index in [1.165, 1.54) is 24.6 Å². The second-order valence-electron chi connectivity index (χ2n) is 6.94. The van der Waals surface area contributed by atoms with Crippen molar-refractivity contribution in [1.82, 2.24) is 5.32 Å². The minimum absolute atomic E-state index is 0.117. The molecule has 5 N–H and O–H groups in total. The lowest BCUT2D eigenvalue weighted by Gasteiger charge is -2.22. The lowest BCUT2D eigenvalue weighted by atomic mass is 9.96. The second kappa shape index (κ2) is 8.86. The zero-order valence-corrected chi connectivity index (χ0v) is 15.4. The van der Waals surface area contributed by atoms with Crippen LogP contribution in [0.1, 0.15) is 54.3 Å². The number of rotatable bonds is 5. The third-order valence-corrected chi connectivity index (χ3v) is 4.90. The Balaban J connectivity index is 1.84. The number of nitrogens with one attached hydrogen (secondary N) is 1. The number of benzene rings is 2. The van der Waals surface area contributed by atoms with Gasteiger partial charge in [0, 0.05) is 17.2 Å². The smallest absolute Gasteiger partial charge is 0.410 e. The largest absolute Gasteiger partial charge is 0.412 e. The fraction of sp³-hybridized carbons (Fsp3) is 0.333. The Hall–Kier alpha value is -2.90. The molecule has 0 atom stereocenters. The number of hydrogen-bond acceptors (Lipinski definition) is 5. The van der Waals surface area contributed by atoms with Crippen LogP contribution in [0.4, 0.5) is 4.79 Å². The Morgan fingerprint density at radius 2 is 1.82 bits per heavy atom. The SMILES string of the molecule is NC(=O)c1cccc(-c2cc(OC(=O)NC3CCCCC3)ccc2C(O)O)c1. The highest BCUT2D eigenvalue weighted by Gasteiger charge is 2.18. The third-order valence-electron chi connectivity index (χ3n) is 4.90. The Kier molecular flexibility index (Phi) is 6.28. The van der Waals surface area contributed by atoms with Gasteiger partial charge in [-0.2, -0.15) is 0 Å². The van der Waals surface area contributed by atoms with Crippen LogP contribution in [0.25, 0.3) is 11.1 Å². The van der Waals surface area contributed by atoms with Crippen LogP contribution in [0, 0.1) is 0 Å². The molecular weight excluding hydrogens is 360 g/mol. The van der Waals surface area contributed by atoms with Crippen LogP contribution < -0.4 is 15.8 Å². The number of carbonyl (C=O) groups excluding carboxylic acids is 2. The average molecular weight is 384 g/mol. The molecule has 2 aromatic rings. The van der Waals surface area contributed by atoms with Crippen molar-refractivity contribution in [2.75, 3.05) is 0 Å². The first kappa shape index (κ1) is 19.9. The highest BCUT2D eigenvalue weighted by atomic mass is 16.6. The van der Waals surface area contributed by atoms with Crippen LogP contribution in [-0.2, 0) is 0 Å². The van der Waals surface area contributed by atoms with Crippen molar-refractivity contribution in [3.8, 4) is 16.9 Å². The summed E-state index contributed by atoms with van der Waals surface area (Å²) in [7, 11) is 0. The highest BCUT2D eigenvalue weighted by molar-refractivity contribution is 5.94. The van der Waals surface area contributed by atoms with Gasteiger partial charge in [-0.3, -0.25) is 4.79 Å². The Morgan fingerprint density at radius 1 is 1.07 bits per heavy atom. The van der Waals surface area contributed by atoms with E-state index in [0.29, 0.717) is 11.1 Å². The molecule has 0 bridgehead atoms. The number of carbonyl (C=O) groups is 2. The molecule has 0 saturated heterocycles. The van der Waals surface area contributed by atoms with Crippen molar-refractivity contribution >= 4 is 12.0 Å². The number of primary amides is 1. The molecule has 1 aliphatic carbocycles. The van der Waals surface area contributed by atoms with E-state index in [1.807, 2.05) is 0 Å². The number of hydrogen-bond donors (Lipinski definition) is 4. The van der Waals surface area contributed by atoms with E-state index in [0.717, 1.165) is 25.7 Å². The summed E-state index contributed by atoms with van der Waals surface area (Å²) >= 11 is 0. The van der Waals surface area contributed by atoms with Gasteiger partial charge in [0.15, 0.2) is 6.29 Å². The van der Waals surface area contributed by atoms with Gasteiger partial charge in [-0.1, -0.05) is 31.4 Å². The van der Waals surface area contributed by atoms with Gasteiger partial charge in [0.1, 0.15) is 5.75 Å². The molecule has 7 heteroatoms. The summed E-state index contributed by atoms with van der Waals surface area (Å²) in [5, 5.41) is 22.2. The van der Waals surface area contributed by atoms with Crippen molar-refractivity contribution in [2.24, 2.45) is 5.73 Å². The maximum atomic E-state index is 12.2. The number of aliphatic hydroxyl groups is 2. The third kappa shape index (κ3) is 4.88. The number of ether oxygens (including phenoxy) is 1. The predicted molar refractivity (Wildman–Crippen MR) is 104 cm³/mol. The van der Waals surface area contributed by atoms with Crippen molar-refractivity contribution in [3.05, 3.63) is 53.6 Å². The zero-order valence-electron chi connectivity index (χ0n) is 15.4. The lowest BCUT2D eigenvalue weighted by Crippen LogP contribution is -2.38. The van der Waals surface area contributed by atoms with Gasteiger partial charge in [0.25, 0.3) is 0 Å². The molecule has 0 heterocycles. The first-order valence-corrected chi connectivity index (χ1v) is 9.32. The minimum atomic E-state index is -1.72. The fourth-order valence-corrected chi connectivity index (χ4v) is 3.46. The number of aliphatic hydroxyl groups excluding tert-OH is 1. The van der Waals surface area contributed by atoms with Gasteiger partial charge >= 0.3 is 6.09 Å². The fourth-order valence-electron chi connectivity index (χ4n) is 3.46. The molecule has 2 aromatic carbocycles. The Morgan fingerprint density at radius 3 is 2.50 bits per heavy atom. The van der Waals surface area contributed by atoms with Crippen LogP contribution in [0.15, 0.2) is 42.5 Å². The van der Waals surface area contributed by atoms with E-state index in [-0.39, 0.29) is 22.9 Å². The molecule has 1 saturated carbocycles. The number of amides is 2. The number of nitrogens with two attached hydrogens (primary N) is 1. The summed E-state index contributed by atoms with van der Waals surface area (Å²) in [4.78, 5) is 23.6. The monoisotopic (exact) mass is 384 g/mol. The molecule has 28 heavy (non-hydrogen) atoms. The molecule has 0 aliphatic heterocycles. The second-order valence-corrected chi connectivity index (χ2v) is 6.94. The molecule has 148 valence electrons. The summed E-state index contributed by atoms with van der Waals surface area (Å²) in [5.74, 6) is -0.329. The summed E-state index contributed by atoms with van der Waals surface area (Å²) < 4.78 is 5.39. The van der Waals surface area contributed by atoms with Crippen molar-refractivity contribution in [3.63, 3.8) is 0 Å². The summed E-state index contributed by atoms with van der Waals surface area (Å²) in [6, 6.07) is 11.1. The summed E-state index contributed by atoms with van der Waals surface area (Å²) in [6.45, 7) is 0. The standard InChI is InChI=1S/C21H24N2O5/c22-19(24)14-6-4-5-13(11-14)18-12-16(9-10-17(18)20(25)26)28-21(27)23-15-7-2-1-3-8-15/h4-6,9-12,15,20,25-26H,1-3,7-8H2,(H2,22,24)(H,23,27). The van der Waals surface area contributed by atoms with E-state index in [9.17, 15) is 19.8 Å². The topological polar surface area (TPSA) is 122 Å². The van der Waals surface area contributed by atoms with Crippen molar-refractivity contribution in [1.29, 1.82) is 0 Å². The molecule has 0 radical (unpaired) electrons. The van der Waals surface area contributed by atoms with Gasteiger partial charge in [-0.15, -0.1) is 0 Å².